The van der Waals surface area contributed by atoms with Crippen LogP contribution >= 0.6 is 23.4 Å². The molecule has 8 heteroatoms. The fourth-order valence-electron chi connectivity index (χ4n) is 2.49. The molecule has 0 spiro atoms. The predicted molar refractivity (Wildman–Crippen MR) is 106 cm³/mol. The van der Waals surface area contributed by atoms with Crippen LogP contribution in [0.4, 0.5) is 4.39 Å². The molecule has 1 fully saturated rings. The first-order valence-electron chi connectivity index (χ1n) is 7.99. The summed E-state index contributed by atoms with van der Waals surface area (Å²) in [5.74, 6) is -0.705. The molecular formula is C19H12ClFN4OS. The number of rotatable bonds is 3. The molecule has 0 bridgehead atoms. The Hall–Kier alpha value is -2.77. The number of amidine groups is 1. The summed E-state index contributed by atoms with van der Waals surface area (Å²) in [6.45, 7) is 0.287. The van der Waals surface area contributed by atoms with Crippen LogP contribution in [0, 0.1) is 5.82 Å². The zero-order valence-corrected chi connectivity index (χ0v) is 15.4. The summed E-state index contributed by atoms with van der Waals surface area (Å²) in [6.07, 6.45) is 3.42. The van der Waals surface area contributed by atoms with Gasteiger partial charge >= 0.3 is 0 Å². The van der Waals surface area contributed by atoms with E-state index in [1.54, 1.807) is 18.3 Å². The summed E-state index contributed by atoms with van der Waals surface area (Å²) >= 11 is 7.00. The Morgan fingerprint density at radius 1 is 1.22 bits per heavy atom. The summed E-state index contributed by atoms with van der Waals surface area (Å²) in [4.78, 5) is 25.7. The molecule has 1 aliphatic rings. The highest BCUT2D eigenvalue weighted by Crippen LogP contribution is 2.26. The van der Waals surface area contributed by atoms with Crippen molar-refractivity contribution in [3.63, 3.8) is 0 Å². The van der Waals surface area contributed by atoms with Gasteiger partial charge in [-0.1, -0.05) is 17.7 Å². The average Bonchev–Trinajstić information content (AvgIpc) is 3.02. The zero-order chi connectivity index (χ0) is 18.8. The van der Waals surface area contributed by atoms with Crippen LogP contribution in [-0.4, -0.2) is 21.0 Å². The van der Waals surface area contributed by atoms with Crippen LogP contribution in [0.15, 0.2) is 58.6 Å². The molecule has 0 saturated carbocycles. The molecule has 2 aromatic heterocycles. The summed E-state index contributed by atoms with van der Waals surface area (Å²) in [7, 11) is 0. The fourth-order valence-corrected chi connectivity index (χ4v) is 3.50. The van der Waals surface area contributed by atoms with E-state index in [1.165, 1.54) is 23.9 Å². The van der Waals surface area contributed by atoms with Crippen molar-refractivity contribution in [3.05, 3.63) is 75.7 Å². The number of fused-ring (bicyclic) bond motifs is 1. The number of halogens is 2. The second-order valence-corrected chi connectivity index (χ2v) is 7.15. The first kappa shape index (κ1) is 17.6. The normalized spacial score (nSPS) is 17.0. The van der Waals surface area contributed by atoms with Crippen LogP contribution in [0.2, 0.25) is 5.02 Å². The smallest absolute Gasteiger partial charge is 0.264 e. The number of aliphatic imine (C=N–C) groups is 1. The van der Waals surface area contributed by atoms with Gasteiger partial charge in [0.1, 0.15) is 5.82 Å². The van der Waals surface area contributed by atoms with Gasteiger partial charge in [0.2, 0.25) is 0 Å². The summed E-state index contributed by atoms with van der Waals surface area (Å²) < 4.78 is 13.2. The average molecular weight is 399 g/mol. The summed E-state index contributed by atoms with van der Waals surface area (Å²) in [5.41, 5.74) is 2.98. The molecule has 27 heavy (non-hydrogen) atoms. The lowest BCUT2D eigenvalue weighted by molar-refractivity contribution is -0.115. The molecular weight excluding hydrogens is 387 g/mol. The minimum Gasteiger partial charge on any atom is -0.301 e. The molecule has 0 unspecified atom stereocenters. The van der Waals surface area contributed by atoms with Crippen LogP contribution in [0.5, 0.6) is 0 Å². The van der Waals surface area contributed by atoms with Crippen molar-refractivity contribution >= 4 is 51.5 Å². The van der Waals surface area contributed by atoms with E-state index in [2.05, 4.69) is 20.3 Å². The highest BCUT2D eigenvalue weighted by molar-refractivity contribution is 8.18. The third-order valence-electron chi connectivity index (χ3n) is 3.80. The third-order valence-corrected chi connectivity index (χ3v) is 5.03. The molecule has 4 rings (SSSR count). The highest BCUT2D eigenvalue weighted by atomic mass is 35.5. The molecule has 0 atom stereocenters. The van der Waals surface area contributed by atoms with Gasteiger partial charge in [0.25, 0.3) is 5.91 Å². The van der Waals surface area contributed by atoms with Gasteiger partial charge in [-0.15, -0.1) is 0 Å². The first-order chi connectivity index (χ1) is 13.1. The Bertz CT molecular complexity index is 1120. The van der Waals surface area contributed by atoms with Crippen LogP contribution in [0.3, 0.4) is 0 Å². The van der Waals surface area contributed by atoms with Gasteiger partial charge in [-0.2, -0.15) is 0 Å². The van der Waals surface area contributed by atoms with Crippen molar-refractivity contribution in [2.24, 2.45) is 4.99 Å². The third kappa shape index (κ3) is 3.99. The number of benzene rings is 1. The van der Waals surface area contributed by atoms with Crippen molar-refractivity contribution in [2.75, 3.05) is 0 Å². The van der Waals surface area contributed by atoms with Crippen LogP contribution in [0.25, 0.3) is 17.1 Å². The topological polar surface area (TPSA) is 67.2 Å². The molecule has 1 saturated heterocycles. The van der Waals surface area contributed by atoms with E-state index in [0.717, 1.165) is 16.6 Å². The monoisotopic (exact) mass is 398 g/mol. The Morgan fingerprint density at radius 3 is 2.96 bits per heavy atom. The number of thioether (sulfide) groups is 1. The largest absolute Gasteiger partial charge is 0.301 e. The van der Waals surface area contributed by atoms with E-state index in [-0.39, 0.29) is 17.5 Å². The van der Waals surface area contributed by atoms with E-state index in [1.807, 2.05) is 24.3 Å². The first-order valence-corrected chi connectivity index (χ1v) is 9.19. The predicted octanol–water partition coefficient (Wildman–Crippen LogP) is 4.18. The molecule has 0 radical (unpaired) electrons. The number of aromatic nitrogens is 2. The van der Waals surface area contributed by atoms with E-state index in [9.17, 15) is 9.18 Å². The minimum absolute atomic E-state index is 0.0493. The number of nitrogens with one attached hydrogen (secondary N) is 1. The van der Waals surface area contributed by atoms with Gasteiger partial charge in [0.05, 0.1) is 33.2 Å². The number of nitrogens with zero attached hydrogens (tertiary/aromatic N) is 3. The molecule has 0 aliphatic carbocycles. The molecule has 1 amide bonds. The maximum Gasteiger partial charge on any atom is 0.264 e. The van der Waals surface area contributed by atoms with Crippen molar-refractivity contribution in [2.45, 2.75) is 6.54 Å². The SMILES string of the molecule is O=C1NC(=NCc2ccc(F)c(Cl)c2)S/C1=C\c1ccc2ncccc2n1. The van der Waals surface area contributed by atoms with Gasteiger partial charge in [0, 0.05) is 6.20 Å². The number of carbonyl (C=O) groups is 1. The lowest BCUT2D eigenvalue weighted by Gasteiger charge is -2.00. The zero-order valence-electron chi connectivity index (χ0n) is 13.8. The lowest BCUT2D eigenvalue weighted by Crippen LogP contribution is -2.19. The molecule has 5 nitrogen and oxygen atoms in total. The van der Waals surface area contributed by atoms with Crippen LogP contribution in [-0.2, 0) is 11.3 Å². The molecule has 1 aliphatic heterocycles. The molecule has 3 aromatic rings. The minimum atomic E-state index is -0.472. The number of hydrogen-bond donors (Lipinski definition) is 1. The van der Waals surface area contributed by atoms with E-state index >= 15 is 0 Å². The van der Waals surface area contributed by atoms with Gasteiger partial charge < -0.3 is 5.32 Å². The number of amides is 1. The Morgan fingerprint density at radius 2 is 2.11 bits per heavy atom. The van der Waals surface area contributed by atoms with E-state index in [0.29, 0.717) is 15.8 Å². The van der Waals surface area contributed by atoms with E-state index in [4.69, 9.17) is 11.6 Å². The van der Waals surface area contributed by atoms with Crippen molar-refractivity contribution in [1.82, 2.24) is 15.3 Å². The van der Waals surface area contributed by atoms with Gasteiger partial charge in [-0.25, -0.2) is 9.37 Å². The Balaban J connectivity index is 1.52. The Labute approximate surface area is 163 Å². The van der Waals surface area contributed by atoms with Gasteiger partial charge in [-0.3, -0.25) is 14.8 Å². The molecule has 134 valence electrons. The maximum atomic E-state index is 13.2. The van der Waals surface area contributed by atoms with Crippen molar-refractivity contribution in [3.8, 4) is 0 Å². The van der Waals surface area contributed by atoms with Gasteiger partial charge in [-0.05, 0) is 59.8 Å². The maximum absolute atomic E-state index is 13.2. The van der Waals surface area contributed by atoms with Crippen LogP contribution < -0.4 is 5.32 Å². The highest BCUT2D eigenvalue weighted by Gasteiger charge is 2.23. The summed E-state index contributed by atoms with van der Waals surface area (Å²) in [6, 6.07) is 11.8. The van der Waals surface area contributed by atoms with Crippen molar-refractivity contribution in [1.29, 1.82) is 0 Å². The quantitative estimate of drug-likeness (QED) is 0.672. The number of carbonyl (C=O) groups excluding carboxylic acids is 1. The Kier molecular flexibility index (Phi) is 4.87. The lowest BCUT2D eigenvalue weighted by atomic mass is 10.2. The standard InChI is InChI=1S/C19H12ClFN4OS/c20-13-8-11(3-5-14(13)21)10-23-19-25-18(26)17(27-19)9-12-4-6-15-16(24-12)2-1-7-22-15/h1-9H,10H2,(H,23,25,26)/b17-9-. The van der Waals surface area contributed by atoms with Gasteiger partial charge in [0.15, 0.2) is 5.17 Å². The molecule has 1 N–H and O–H groups in total. The summed E-state index contributed by atoms with van der Waals surface area (Å²) in [5, 5.41) is 3.25. The number of pyridine rings is 2. The number of hydrogen-bond acceptors (Lipinski definition) is 5. The molecule has 1 aromatic carbocycles. The molecule has 3 heterocycles. The fraction of sp³-hybridized carbons (Fsp3) is 0.0526. The van der Waals surface area contributed by atoms with Crippen LogP contribution in [0.1, 0.15) is 11.3 Å². The van der Waals surface area contributed by atoms with Crippen molar-refractivity contribution < 1.29 is 9.18 Å². The second-order valence-electron chi connectivity index (χ2n) is 5.71. The van der Waals surface area contributed by atoms with E-state index < -0.39 is 5.82 Å². The second kappa shape index (κ2) is 7.46.